The Morgan fingerprint density at radius 2 is 0.921 bits per heavy atom. The number of carboxylic acid groups (broad SMARTS) is 1. The quantitative estimate of drug-likeness (QED) is 0.0228. The van der Waals surface area contributed by atoms with E-state index in [0.717, 1.165) is 6.42 Å². The van der Waals surface area contributed by atoms with Crippen molar-refractivity contribution in [2.24, 2.45) is 5.73 Å². The maximum atomic E-state index is 11.7. The molecule has 0 aliphatic carbocycles. The average molecular weight is 935 g/mol. The van der Waals surface area contributed by atoms with Crippen molar-refractivity contribution in [2.75, 3.05) is 78.9 Å². The van der Waals surface area contributed by atoms with Gasteiger partial charge in [0.25, 0.3) is 0 Å². The highest BCUT2D eigenvalue weighted by atomic mass is 28.4. The number of nitrogens with two attached hydrogens (primary N) is 1. The summed E-state index contributed by atoms with van der Waals surface area (Å²) < 4.78 is 32.9. The van der Waals surface area contributed by atoms with Crippen molar-refractivity contribution in [2.45, 2.75) is 94.0 Å². The topological polar surface area (TPSA) is 264 Å². The summed E-state index contributed by atoms with van der Waals surface area (Å²) in [6, 6.07) is 0.662. The molecule has 366 valence electrons. The van der Waals surface area contributed by atoms with E-state index in [-0.39, 0.29) is 55.3 Å². The number of aliphatic carboxylic acids is 1. The molecule has 0 aliphatic rings. The summed E-state index contributed by atoms with van der Waals surface area (Å²) in [7, 11) is -4.37. The molecule has 0 bridgehead atoms. The van der Waals surface area contributed by atoms with E-state index in [1.807, 2.05) is 41.5 Å². The van der Waals surface area contributed by atoms with Crippen LogP contribution in [0.1, 0.15) is 88.0 Å². The van der Waals surface area contributed by atoms with Crippen LogP contribution in [-0.4, -0.2) is 138 Å². The Kier molecular flexibility index (Phi) is 52.4. The maximum Gasteiger partial charge on any atom is 0.500 e. The van der Waals surface area contributed by atoms with E-state index < -0.39 is 24.3 Å². The standard InChI is InChI=1S/C16H32N2O5Si.C10H16N2O2.C7H11NO3.C6H16O3Si.C3H7N/c1-6-21-24(22-7-2,23-8-3)13-9-11-17-15(19)10-12-18-16(20)14(4)5;1-4-6-11-9(13)5-7-12-10(14)8(2)3;1-5(2)7(11)8-4-3-6(9)10;1-4-7-10(8-5-2)9-6-3;1-2-3-4/h4,6-13H2,1-3,5H3,(H,17,19)(H,18,20);4H,1-2,5-7H2,3H3,(H,11,13)(H,12,14);1,3-4H2,2H3,(H,8,11)(H,9,10);10H,4-6H2,1-3H3;2H,1,3-4H2. The third-order valence-electron chi connectivity index (χ3n) is 6.66. The van der Waals surface area contributed by atoms with Gasteiger partial charge in [0, 0.05) is 115 Å². The summed E-state index contributed by atoms with van der Waals surface area (Å²) in [6.07, 6.45) is 4.43. The monoisotopic (exact) mass is 935 g/mol. The van der Waals surface area contributed by atoms with Crippen LogP contribution in [0.5, 0.6) is 0 Å². The molecule has 0 aromatic heterocycles. The molecule has 0 aromatic rings. The van der Waals surface area contributed by atoms with Crippen molar-refractivity contribution in [3.05, 3.63) is 61.8 Å². The van der Waals surface area contributed by atoms with Crippen molar-refractivity contribution >= 4 is 53.8 Å². The van der Waals surface area contributed by atoms with E-state index in [9.17, 15) is 28.8 Å². The molecule has 0 heterocycles. The van der Waals surface area contributed by atoms with Crippen LogP contribution in [0.2, 0.25) is 6.04 Å². The third-order valence-corrected chi connectivity index (χ3v) is 11.6. The molecule has 0 radical (unpaired) electrons. The molecule has 0 aliphatic heterocycles. The van der Waals surface area contributed by atoms with Crippen molar-refractivity contribution in [3.63, 3.8) is 0 Å². The van der Waals surface area contributed by atoms with E-state index in [0.29, 0.717) is 95.1 Å². The van der Waals surface area contributed by atoms with E-state index in [1.165, 1.54) is 0 Å². The summed E-state index contributed by atoms with van der Waals surface area (Å²) in [5, 5.41) is 21.2. The fourth-order valence-electron chi connectivity index (χ4n) is 3.76. The van der Waals surface area contributed by atoms with E-state index in [2.05, 4.69) is 59.5 Å². The number of nitrogens with one attached hydrogen (secondary N) is 5. The molecular weight excluding hydrogens is 853 g/mol. The minimum Gasteiger partial charge on any atom is -0.481 e. The van der Waals surface area contributed by atoms with Gasteiger partial charge < -0.3 is 64.0 Å². The van der Waals surface area contributed by atoms with Crippen LogP contribution in [0, 0.1) is 0 Å². The lowest BCUT2D eigenvalue weighted by atomic mass is 10.3. The molecule has 0 aromatic carbocycles. The first-order chi connectivity index (χ1) is 29.8. The zero-order chi connectivity index (χ0) is 49.5. The molecule has 5 amide bonds. The van der Waals surface area contributed by atoms with Gasteiger partial charge >= 0.3 is 24.3 Å². The summed E-state index contributed by atoms with van der Waals surface area (Å²) in [5.74, 6) is -1.89. The molecule has 0 atom stereocenters. The van der Waals surface area contributed by atoms with Gasteiger partial charge in [-0.1, -0.05) is 31.9 Å². The van der Waals surface area contributed by atoms with Crippen LogP contribution < -0.4 is 32.3 Å². The Morgan fingerprint density at radius 1 is 0.571 bits per heavy atom. The van der Waals surface area contributed by atoms with Crippen LogP contribution in [0.25, 0.3) is 0 Å². The second kappa shape index (κ2) is 48.7. The van der Waals surface area contributed by atoms with Gasteiger partial charge in [0.1, 0.15) is 0 Å². The van der Waals surface area contributed by atoms with Crippen molar-refractivity contribution < 1.29 is 60.4 Å². The minimum atomic E-state index is -2.64. The van der Waals surface area contributed by atoms with Gasteiger partial charge in [0.2, 0.25) is 29.5 Å². The SMILES string of the molecule is C=C(C)C(=O)NCCC(=O)NCCC[Si](OCC)(OCC)OCC.C=C(C)C(=O)NCCC(=O)O.C=CCN.C=CCNC(=O)CCNC(=O)C(=C)C.CCO[SiH](OCC)OCC. The lowest BCUT2D eigenvalue weighted by Crippen LogP contribution is -2.46. The number of carboxylic acids is 1. The maximum absolute atomic E-state index is 11.7. The van der Waals surface area contributed by atoms with Gasteiger partial charge in [0.05, 0.1) is 6.42 Å². The Hall–Kier alpha value is -4.33. The molecule has 0 saturated heterocycles. The van der Waals surface area contributed by atoms with E-state index in [4.69, 9.17) is 37.4 Å². The number of amides is 5. The Balaban J connectivity index is -0.000000245. The summed E-state index contributed by atoms with van der Waals surface area (Å²) in [4.78, 5) is 65.7. The van der Waals surface area contributed by atoms with Crippen LogP contribution in [0.15, 0.2) is 61.8 Å². The summed E-state index contributed by atoms with van der Waals surface area (Å²) in [5.41, 5.74) is 6.17. The van der Waals surface area contributed by atoms with E-state index >= 15 is 0 Å². The van der Waals surface area contributed by atoms with Crippen LogP contribution in [0.4, 0.5) is 0 Å². The number of carbonyl (C=O) groups excluding carboxylic acids is 5. The molecule has 0 spiro atoms. The van der Waals surface area contributed by atoms with Crippen molar-refractivity contribution in [3.8, 4) is 0 Å². The van der Waals surface area contributed by atoms with Crippen LogP contribution in [0.3, 0.4) is 0 Å². The highest BCUT2D eigenvalue weighted by Crippen LogP contribution is 2.17. The normalized spacial score (nSPS) is 9.89. The molecule has 0 rings (SSSR count). The first-order valence-corrected chi connectivity index (χ1v) is 24.4. The fourth-order valence-corrected chi connectivity index (χ4v) is 7.48. The van der Waals surface area contributed by atoms with E-state index in [1.54, 1.807) is 32.9 Å². The Morgan fingerprint density at radius 3 is 1.21 bits per heavy atom. The molecule has 0 saturated carbocycles. The average Bonchev–Trinajstić information content (AvgIpc) is 3.22. The van der Waals surface area contributed by atoms with Gasteiger partial charge in [-0.2, -0.15) is 0 Å². The van der Waals surface area contributed by atoms with Gasteiger partial charge in [-0.25, -0.2) is 0 Å². The predicted molar refractivity (Wildman–Crippen MR) is 253 cm³/mol. The zero-order valence-corrected chi connectivity index (χ0v) is 41.9. The molecule has 21 heteroatoms. The largest absolute Gasteiger partial charge is 0.500 e. The zero-order valence-electron chi connectivity index (χ0n) is 39.7. The molecule has 0 unspecified atom stereocenters. The smallest absolute Gasteiger partial charge is 0.481 e. The molecule has 0 fully saturated rings. The second-order valence-electron chi connectivity index (χ2n) is 12.5. The van der Waals surface area contributed by atoms with Crippen molar-refractivity contribution in [1.82, 2.24) is 26.6 Å². The first kappa shape index (κ1) is 67.7. The predicted octanol–water partition coefficient (Wildman–Crippen LogP) is 3.09. The molecule has 8 N–H and O–H groups in total. The summed E-state index contributed by atoms with van der Waals surface area (Å²) >= 11 is 0. The van der Waals surface area contributed by atoms with Gasteiger partial charge in [0.15, 0.2) is 0 Å². The third kappa shape index (κ3) is 50.2. The number of carbonyl (C=O) groups is 6. The van der Waals surface area contributed by atoms with Crippen LogP contribution in [-0.2, 0) is 55.3 Å². The lowest BCUT2D eigenvalue weighted by Gasteiger charge is -2.28. The number of hydrogen-bond acceptors (Lipinski definition) is 13. The van der Waals surface area contributed by atoms with Gasteiger partial charge in [-0.15, -0.1) is 13.2 Å². The fraction of sp³-hybridized carbons (Fsp3) is 0.619. The molecule has 19 nitrogen and oxygen atoms in total. The second-order valence-corrected chi connectivity index (χ2v) is 16.8. The summed E-state index contributed by atoms with van der Waals surface area (Å²) in [6.45, 7) is 39.6. The number of rotatable bonds is 31. The minimum absolute atomic E-state index is 0.0565. The highest BCUT2D eigenvalue weighted by Gasteiger charge is 2.39. The lowest BCUT2D eigenvalue weighted by molar-refractivity contribution is -0.137. The number of hydrogen-bond donors (Lipinski definition) is 7. The first-order valence-electron chi connectivity index (χ1n) is 21.0. The Bertz CT molecular complexity index is 1290. The van der Waals surface area contributed by atoms with Crippen LogP contribution >= 0.6 is 0 Å². The highest BCUT2D eigenvalue weighted by molar-refractivity contribution is 6.60. The Labute approximate surface area is 380 Å². The van der Waals surface area contributed by atoms with Gasteiger partial charge in [-0.05, 0) is 68.7 Å². The molecule has 63 heavy (non-hydrogen) atoms. The molecular formula is C42H82N6O13Si2. The van der Waals surface area contributed by atoms with Crippen molar-refractivity contribution in [1.29, 1.82) is 0 Å². The van der Waals surface area contributed by atoms with Gasteiger partial charge in [-0.3, -0.25) is 28.8 Å².